The Morgan fingerprint density at radius 3 is 1.28 bits per heavy atom. The van der Waals surface area contributed by atoms with Gasteiger partial charge in [0.1, 0.15) is 37.9 Å². The van der Waals surface area contributed by atoms with Gasteiger partial charge in [0.2, 0.25) is 0 Å². The lowest BCUT2D eigenvalue weighted by atomic mass is 10.2. The number of thioether (sulfide) groups is 4. The Balaban J connectivity index is 0.000000186. The van der Waals surface area contributed by atoms with E-state index in [0.717, 1.165) is 56.1 Å². The number of carbonyl (C=O) groups excluding carboxylic acids is 6. The van der Waals surface area contributed by atoms with Gasteiger partial charge in [-0.3, -0.25) is 19.5 Å². The van der Waals surface area contributed by atoms with E-state index in [0.29, 0.717) is 25.9 Å². The first-order valence-corrected chi connectivity index (χ1v) is 27.1. The minimum Gasteiger partial charge on any atom is -0.480 e. The van der Waals surface area contributed by atoms with Crippen LogP contribution in [0.25, 0.3) is 0 Å². The lowest BCUT2D eigenvalue weighted by Gasteiger charge is -2.22. The zero-order valence-electron chi connectivity index (χ0n) is 38.2. The van der Waals surface area contributed by atoms with Crippen molar-refractivity contribution in [3.05, 3.63) is 108 Å². The number of Topliss-reactive ketones (excluding diaryl/α,β-unsaturated/α-hetero) is 1. The number of hydrogen-bond acceptors (Lipinski definition) is 18. The van der Waals surface area contributed by atoms with Crippen LogP contribution in [-0.2, 0) is 62.7 Å². The van der Waals surface area contributed by atoms with Crippen molar-refractivity contribution < 1.29 is 62.4 Å². The summed E-state index contributed by atoms with van der Waals surface area (Å²) in [6.07, 6.45) is -0.591. The van der Waals surface area contributed by atoms with E-state index in [-0.39, 0.29) is 52.7 Å². The van der Waals surface area contributed by atoms with Gasteiger partial charge in [0.15, 0.2) is 5.78 Å². The number of carboxylic acid groups (broad SMARTS) is 1. The van der Waals surface area contributed by atoms with Crippen LogP contribution in [0.2, 0.25) is 0 Å². The topological polar surface area (TPSA) is 196 Å². The summed E-state index contributed by atoms with van der Waals surface area (Å²) in [5, 5.41) is 9.39. The Labute approximate surface area is 430 Å². The molecule has 69 heavy (non-hydrogen) atoms. The van der Waals surface area contributed by atoms with Crippen LogP contribution in [0.15, 0.2) is 91.0 Å². The summed E-state index contributed by atoms with van der Waals surface area (Å²) >= 11 is 14.9. The van der Waals surface area contributed by atoms with Crippen molar-refractivity contribution in [3.63, 3.8) is 0 Å². The second-order valence-electron chi connectivity index (χ2n) is 15.7. The first-order chi connectivity index (χ1) is 33.3. The van der Waals surface area contributed by atoms with E-state index in [1.54, 1.807) is 23.5 Å². The number of methoxy groups -OCH3 is 2. The van der Waals surface area contributed by atoms with E-state index < -0.39 is 48.3 Å². The highest BCUT2D eigenvalue weighted by atomic mass is 32.2. The molecule has 0 saturated carbocycles. The maximum absolute atomic E-state index is 12.5. The van der Waals surface area contributed by atoms with Crippen molar-refractivity contribution in [1.82, 2.24) is 14.7 Å². The van der Waals surface area contributed by atoms with E-state index in [2.05, 4.69) is 30.0 Å². The second kappa shape index (κ2) is 27.9. The molecule has 5 aliphatic rings. The fraction of sp³-hybridized carbons (Fsp3) is 0.468. The third kappa shape index (κ3) is 16.3. The average molecular weight is 1060 g/mol. The van der Waals surface area contributed by atoms with Gasteiger partial charge in [-0.15, -0.1) is 47.0 Å². The molecule has 8 rings (SSSR count). The summed E-state index contributed by atoms with van der Waals surface area (Å²) < 4.78 is 25.0. The monoisotopic (exact) mass is 1060 g/mol. The zero-order valence-corrected chi connectivity index (χ0v) is 43.3. The predicted octanol–water partition coefficient (Wildman–Crippen LogP) is 7.39. The lowest BCUT2D eigenvalue weighted by Crippen LogP contribution is -2.41. The molecule has 0 radical (unpaired) electrons. The standard InChI is InChI=1S/C16H19NO4S2.C15H17NO4S2.C14H15NO5.C2H6S2/c1-20-14(18)13-9-16(22-7-8-23-16)11-17(13)15(19)21-10-12-5-3-2-4-6-12;17-13(18)12-8-15(21-6-7-22-15)10-16(12)14(19)20-9-11-4-2-1-3-5-11;1-19-13(17)12-7-11(16)8-15(12)14(18)20-9-10-5-3-2-4-6-10;3-1-2-4/h2-6,13H,7-11H2,1H3;1-5,12H,6-10H2,(H,17,18);2-6,12H,7-9H2,1H3;3-4H,1-2H2/t13-;2*12-;/m000./s1. The summed E-state index contributed by atoms with van der Waals surface area (Å²) in [6.45, 7) is 1.31. The molecule has 1 N–H and O–H groups in total. The first-order valence-electron chi connectivity index (χ1n) is 21.9. The number of esters is 2. The molecule has 5 fully saturated rings. The molecule has 0 unspecified atom stereocenters. The molecule has 16 nitrogen and oxygen atoms in total. The fourth-order valence-corrected chi connectivity index (χ4v) is 14.2. The number of ketones is 1. The Morgan fingerprint density at radius 1 is 0.565 bits per heavy atom. The molecule has 3 amide bonds. The predicted molar refractivity (Wildman–Crippen MR) is 275 cm³/mol. The molecule has 374 valence electrons. The second-order valence-corrected chi connectivity index (χ2v) is 23.1. The molecule has 0 aliphatic carbocycles. The Hall–Kier alpha value is -4.35. The van der Waals surface area contributed by atoms with Gasteiger partial charge in [-0.1, -0.05) is 91.0 Å². The SMILES string of the molecule is COC(=O)[C@@H]1CC(=O)CN1C(=O)OCc1ccccc1.COC(=O)[C@@H]1CC2(CN1C(=O)OCc1ccccc1)SCCS2.O=C(O)[C@@H]1CC2(CN1C(=O)OCc1ccccc1)SCCS2.SCCS. The lowest BCUT2D eigenvalue weighted by molar-refractivity contribution is -0.146. The molecule has 2 spiro atoms. The molecule has 3 aromatic carbocycles. The highest BCUT2D eigenvalue weighted by molar-refractivity contribution is 8.21. The minimum absolute atomic E-state index is 0.0207. The molecule has 0 bridgehead atoms. The van der Waals surface area contributed by atoms with Crippen molar-refractivity contribution in [2.75, 3.05) is 68.4 Å². The Bertz CT molecular complexity index is 2170. The van der Waals surface area contributed by atoms with E-state index in [1.165, 1.54) is 24.0 Å². The van der Waals surface area contributed by atoms with Crippen LogP contribution >= 0.6 is 72.3 Å². The highest BCUT2D eigenvalue weighted by Gasteiger charge is 2.53. The van der Waals surface area contributed by atoms with Gasteiger partial charge in [-0.05, 0) is 28.2 Å². The van der Waals surface area contributed by atoms with Crippen LogP contribution in [0.1, 0.15) is 36.0 Å². The fourth-order valence-electron chi connectivity index (χ4n) is 7.68. The number of aliphatic carboxylic acids is 1. The number of carboxylic acids is 1. The van der Waals surface area contributed by atoms with Crippen LogP contribution in [0, 0.1) is 0 Å². The quantitative estimate of drug-likeness (QED) is 0.103. The number of carbonyl (C=O) groups is 7. The Kier molecular flexibility index (Phi) is 22.5. The number of hydrogen-bond donors (Lipinski definition) is 3. The maximum Gasteiger partial charge on any atom is 0.411 e. The third-order valence-corrected chi connectivity index (χ3v) is 18.7. The first kappa shape index (κ1) is 55.6. The summed E-state index contributed by atoms with van der Waals surface area (Å²) in [7, 11) is 2.58. The normalized spacial score (nSPS) is 20.4. The van der Waals surface area contributed by atoms with Crippen LogP contribution in [0.4, 0.5) is 14.4 Å². The number of ether oxygens (including phenoxy) is 5. The van der Waals surface area contributed by atoms with E-state index in [9.17, 15) is 38.7 Å². The van der Waals surface area contributed by atoms with E-state index in [1.807, 2.05) is 115 Å². The van der Waals surface area contributed by atoms with Crippen molar-refractivity contribution in [2.45, 2.75) is 65.4 Å². The number of nitrogens with zero attached hydrogens (tertiary/aromatic N) is 3. The third-order valence-electron chi connectivity index (χ3n) is 11.0. The van der Waals surface area contributed by atoms with Gasteiger partial charge in [0.25, 0.3) is 0 Å². The number of amides is 3. The molecule has 5 saturated heterocycles. The van der Waals surface area contributed by atoms with Crippen LogP contribution in [0.5, 0.6) is 0 Å². The molecule has 3 aromatic rings. The van der Waals surface area contributed by atoms with E-state index >= 15 is 0 Å². The molecule has 5 aliphatic heterocycles. The van der Waals surface area contributed by atoms with Gasteiger partial charge in [0.05, 0.1) is 28.9 Å². The van der Waals surface area contributed by atoms with Gasteiger partial charge >= 0.3 is 36.2 Å². The number of likely N-dealkylation sites (tertiary alicyclic amines) is 3. The average Bonchev–Trinajstić information content (AvgIpc) is 4.25. The van der Waals surface area contributed by atoms with Gasteiger partial charge in [0, 0.05) is 55.4 Å². The smallest absolute Gasteiger partial charge is 0.411 e. The Morgan fingerprint density at radius 2 is 0.913 bits per heavy atom. The number of thiol groups is 2. The van der Waals surface area contributed by atoms with Gasteiger partial charge < -0.3 is 28.8 Å². The summed E-state index contributed by atoms with van der Waals surface area (Å²) in [5.41, 5.74) is 2.65. The summed E-state index contributed by atoms with van der Waals surface area (Å²) in [5.74, 6) is 3.74. The molecule has 5 heterocycles. The van der Waals surface area contributed by atoms with Gasteiger partial charge in [-0.2, -0.15) is 25.3 Å². The van der Waals surface area contributed by atoms with E-state index in [4.69, 9.17) is 18.9 Å². The van der Waals surface area contributed by atoms with Crippen molar-refractivity contribution in [1.29, 1.82) is 0 Å². The largest absolute Gasteiger partial charge is 0.480 e. The van der Waals surface area contributed by atoms with Crippen LogP contribution < -0.4 is 0 Å². The molecular weight excluding hydrogens is 1010 g/mol. The zero-order chi connectivity index (χ0) is 49.8. The van der Waals surface area contributed by atoms with Crippen molar-refractivity contribution >= 4 is 114 Å². The molecular formula is C47H57N3O13S6. The van der Waals surface area contributed by atoms with Gasteiger partial charge in [-0.25, -0.2) is 28.8 Å². The van der Waals surface area contributed by atoms with Crippen LogP contribution in [0.3, 0.4) is 0 Å². The number of benzene rings is 3. The summed E-state index contributed by atoms with van der Waals surface area (Å²) in [4.78, 5) is 87.2. The van der Waals surface area contributed by atoms with Crippen molar-refractivity contribution in [3.8, 4) is 0 Å². The number of rotatable bonds is 10. The minimum atomic E-state index is -0.957. The summed E-state index contributed by atoms with van der Waals surface area (Å²) in [6, 6.07) is 25.8. The van der Waals surface area contributed by atoms with Crippen LogP contribution in [-0.4, -0.2) is 156 Å². The van der Waals surface area contributed by atoms with Crippen molar-refractivity contribution in [2.24, 2.45) is 0 Å². The highest BCUT2D eigenvalue weighted by Crippen LogP contribution is 2.53. The maximum atomic E-state index is 12.5. The molecule has 0 aromatic heterocycles. The molecule has 3 atom stereocenters. The molecule has 22 heteroatoms.